The maximum atomic E-state index is 11.4. The second-order valence-corrected chi connectivity index (χ2v) is 7.22. The average molecular weight is 305 g/mol. The number of carbonyl (C=O) groups is 1. The van der Waals surface area contributed by atoms with Gasteiger partial charge >= 0.3 is 5.97 Å². The van der Waals surface area contributed by atoms with Crippen molar-refractivity contribution in [3.8, 4) is 5.75 Å². The lowest BCUT2D eigenvalue weighted by atomic mass is 9.88. The highest BCUT2D eigenvalue weighted by Crippen LogP contribution is 2.28. The fourth-order valence-electron chi connectivity index (χ4n) is 2.75. The summed E-state index contributed by atoms with van der Waals surface area (Å²) in [7, 11) is 0. The van der Waals surface area contributed by atoms with Crippen molar-refractivity contribution in [2.75, 3.05) is 6.61 Å². The highest BCUT2D eigenvalue weighted by molar-refractivity contribution is 5.73. The van der Waals surface area contributed by atoms with Crippen molar-refractivity contribution in [3.05, 3.63) is 29.3 Å². The number of fused-ring (bicyclic) bond motifs is 1. The van der Waals surface area contributed by atoms with Gasteiger partial charge in [0.2, 0.25) is 0 Å². The van der Waals surface area contributed by atoms with Crippen LogP contribution in [0.5, 0.6) is 5.75 Å². The molecule has 0 aliphatic carbocycles. The molecule has 0 amide bonds. The van der Waals surface area contributed by atoms with Gasteiger partial charge in [0.1, 0.15) is 11.8 Å². The molecule has 1 heterocycles. The number of benzene rings is 1. The summed E-state index contributed by atoms with van der Waals surface area (Å²) in [6.07, 6.45) is 3.56. The fourth-order valence-corrected chi connectivity index (χ4v) is 2.75. The van der Waals surface area contributed by atoms with Crippen LogP contribution in [0.15, 0.2) is 18.2 Å². The molecule has 1 atom stereocenters. The van der Waals surface area contributed by atoms with Crippen LogP contribution in [0.4, 0.5) is 0 Å². The molecule has 0 bridgehead atoms. The number of hydrogen-bond donors (Lipinski definition) is 2. The monoisotopic (exact) mass is 305 g/mol. The molecule has 1 aromatic carbocycles. The lowest BCUT2D eigenvalue weighted by molar-refractivity contribution is -0.139. The van der Waals surface area contributed by atoms with Crippen molar-refractivity contribution in [1.82, 2.24) is 5.32 Å². The molecule has 4 nitrogen and oxygen atoms in total. The summed E-state index contributed by atoms with van der Waals surface area (Å²) in [4.78, 5) is 11.4. The zero-order valence-corrected chi connectivity index (χ0v) is 13.8. The van der Waals surface area contributed by atoms with Crippen molar-refractivity contribution in [1.29, 1.82) is 0 Å². The number of nitrogens with one attached hydrogen (secondary N) is 1. The van der Waals surface area contributed by atoms with E-state index in [0.717, 1.165) is 37.2 Å². The van der Waals surface area contributed by atoms with Crippen LogP contribution in [0.3, 0.4) is 0 Å². The number of ether oxygens (including phenoxy) is 1. The van der Waals surface area contributed by atoms with E-state index in [1.807, 2.05) is 12.1 Å². The molecule has 0 spiro atoms. The third-order valence-corrected chi connectivity index (χ3v) is 4.08. The summed E-state index contributed by atoms with van der Waals surface area (Å²) >= 11 is 0. The predicted octanol–water partition coefficient (Wildman–Crippen LogP) is 3.38. The Kier molecular flexibility index (Phi) is 5.46. The Labute approximate surface area is 132 Å². The normalized spacial score (nSPS) is 15.8. The summed E-state index contributed by atoms with van der Waals surface area (Å²) in [6, 6.07) is 5.53. The molecule has 1 aliphatic rings. The molecule has 4 heteroatoms. The van der Waals surface area contributed by atoms with E-state index in [4.69, 9.17) is 4.74 Å². The van der Waals surface area contributed by atoms with E-state index in [1.165, 1.54) is 5.56 Å². The Bertz CT molecular complexity index is 520. The van der Waals surface area contributed by atoms with Gasteiger partial charge in [-0.3, -0.25) is 4.79 Å². The number of carboxylic acid groups (broad SMARTS) is 1. The van der Waals surface area contributed by atoms with Gasteiger partial charge in [-0.25, -0.2) is 0 Å². The van der Waals surface area contributed by atoms with Crippen LogP contribution in [0.1, 0.15) is 51.2 Å². The predicted molar refractivity (Wildman–Crippen MR) is 87.2 cm³/mol. The molecule has 1 aliphatic heterocycles. The van der Waals surface area contributed by atoms with Crippen LogP contribution in [0, 0.1) is 5.41 Å². The van der Waals surface area contributed by atoms with Crippen molar-refractivity contribution < 1.29 is 14.6 Å². The molecule has 2 rings (SSSR count). The molecule has 0 saturated carbocycles. The number of hydrogen-bond acceptors (Lipinski definition) is 3. The zero-order valence-electron chi connectivity index (χ0n) is 13.8. The maximum absolute atomic E-state index is 11.4. The first-order valence-electron chi connectivity index (χ1n) is 8.06. The highest BCUT2D eigenvalue weighted by Gasteiger charge is 2.21. The smallest absolute Gasteiger partial charge is 0.320 e. The van der Waals surface area contributed by atoms with E-state index < -0.39 is 12.0 Å². The number of carboxylic acids is 1. The van der Waals surface area contributed by atoms with Gasteiger partial charge in [0, 0.05) is 6.54 Å². The molecule has 1 aromatic rings. The van der Waals surface area contributed by atoms with Gasteiger partial charge in [-0.15, -0.1) is 0 Å². The molecule has 0 radical (unpaired) electrons. The molecular formula is C18H27NO3. The van der Waals surface area contributed by atoms with Gasteiger partial charge in [0.15, 0.2) is 0 Å². The summed E-state index contributed by atoms with van der Waals surface area (Å²) < 4.78 is 5.67. The van der Waals surface area contributed by atoms with Gasteiger partial charge in [0.25, 0.3) is 0 Å². The largest absolute Gasteiger partial charge is 0.493 e. The van der Waals surface area contributed by atoms with Crippen molar-refractivity contribution in [2.45, 2.75) is 59.0 Å². The lowest BCUT2D eigenvalue weighted by Crippen LogP contribution is -2.37. The second kappa shape index (κ2) is 7.14. The van der Waals surface area contributed by atoms with E-state index >= 15 is 0 Å². The minimum Gasteiger partial charge on any atom is -0.493 e. The van der Waals surface area contributed by atoms with E-state index in [-0.39, 0.29) is 5.41 Å². The second-order valence-electron chi connectivity index (χ2n) is 7.22. The summed E-state index contributed by atoms with van der Waals surface area (Å²) in [5.74, 6) is 0.178. The Morgan fingerprint density at radius 3 is 2.86 bits per heavy atom. The third kappa shape index (κ3) is 4.73. The number of rotatable bonds is 6. The molecule has 2 N–H and O–H groups in total. The SMILES string of the molecule is CC(C)(C)CCC(NCc1cccc2c1CCCO2)C(=O)O. The van der Waals surface area contributed by atoms with Gasteiger partial charge in [-0.2, -0.15) is 0 Å². The summed E-state index contributed by atoms with van der Waals surface area (Å²) in [5, 5.41) is 12.6. The third-order valence-electron chi connectivity index (χ3n) is 4.08. The zero-order chi connectivity index (χ0) is 16.2. The highest BCUT2D eigenvalue weighted by atomic mass is 16.5. The van der Waals surface area contributed by atoms with Crippen LogP contribution in [0.25, 0.3) is 0 Å². The minimum atomic E-state index is -0.773. The quantitative estimate of drug-likeness (QED) is 0.846. The Morgan fingerprint density at radius 2 is 2.18 bits per heavy atom. The Balaban J connectivity index is 1.99. The molecule has 22 heavy (non-hydrogen) atoms. The first-order valence-corrected chi connectivity index (χ1v) is 8.06. The van der Waals surface area contributed by atoms with E-state index in [1.54, 1.807) is 0 Å². The average Bonchev–Trinajstić information content (AvgIpc) is 2.45. The molecule has 1 unspecified atom stereocenters. The van der Waals surface area contributed by atoms with Gasteiger partial charge < -0.3 is 15.2 Å². The molecule has 122 valence electrons. The van der Waals surface area contributed by atoms with Crippen LogP contribution >= 0.6 is 0 Å². The number of aliphatic carboxylic acids is 1. The van der Waals surface area contributed by atoms with Gasteiger partial charge in [0.05, 0.1) is 6.61 Å². The molecular weight excluding hydrogens is 278 g/mol. The van der Waals surface area contributed by atoms with E-state index in [2.05, 4.69) is 32.2 Å². The summed E-state index contributed by atoms with van der Waals surface area (Å²) in [6.45, 7) is 7.76. The van der Waals surface area contributed by atoms with E-state index in [0.29, 0.717) is 13.0 Å². The van der Waals surface area contributed by atoms with Crippen LogP contribution in [0.2, 0.25) is 0 Å². The van der Waals surface area contributed by atoms with E-state index in [9.17, 15) is 9.90 Å². The van der Waals surface area contributed by atoms with Crippen LogP contribution < -0.4 is 10.1 Å². The Hall–Kier alpha value is -1.55. The first kappa shape index (κ1) is 16.8. The van der Waals surface area contributed by atoms with Crippen molar-refractivity contribution in [3.63, 3.8) is 0 Å². The van der Waals surface area contributed by atoms with Crippen LogP contribution in [-0.2, 0) is 17.8 Å². The maximum Gasteiger partial charge on any atom is 0.320 e. The standard InChI is InChI=1S/C18H27NO3/c1-18(2,3)10-9-15(17(20)21)19-12-13-6-4-8-16-14(13)7-5-11-22-16/h4,6,8,15,19H,5,7,9-12H2,1-3H3,(H,20,21). The topological polar surface area (TPSA) is 58.6 Å². The molecule has 0 saturated heterocycles. The van der Waals surface area contributed by atoms with Gasteiger partial charge in [-0.05, 0) is 48.3 Å². The summed E-state index contributed by atoms with van der Waals surface area (Å²) in [5.41, 5.74) is 2.52. The molecule has 0 aromatic heterocycles. The van der Waals surface area contributed by atoms with Crippen LogP contribution in [-0.4, -0.2) is 23.7 Å². The first-order chi connectivity index (χ1) is 10.4. The fraction of sp³-hybridized carbons (Fsp3) is 0.611. The van der Waals surface area contributed by atoms with Gasteiger partial charge in [-0.1, -0.05) is 32.9 Å². The van der Waals surface area contributed by atoms with Crippen molar-refractivity contribution in [2.24, 2.45) is 5.41 Å². The lowest BCUT2D eigenvalue weighted by Gasteiger charge is -2.23. The minimum absolute atomic E-state index is 0.148. The Morgan fingerprint density at radius 1 is 1.41 bits per heavy atom. The van der Waals surface area contributed by atoms with Crippen molar-refractivity contribution >= 4 is 5.97 Å². The molecule has 0 fully saturated rings.